The first-order valence-electron chi connectivity index (χ1n) is 11.4. The molecule has 13 heteroatoms. The molecule has 1 aliphatic rings. The highest BCUT2D eigenvalue weighted by atomic mass is 35.5. The zero-order valence-electron chi connectivity index (χ0n) is 20.2. The van der Waals surface area contributed by atoms with Crippen LogP contribution in [0.2, 0.25) is 5.02 Å². The van der Waals surface area contributed by atoms with Crippen LogP contribution in [0.1, 0.15) is 49.1 Å². The van der Waals surface area contributed by atoms with Gasteiger partial charge in [0, 0.05) is 51.8 Å². The topological polar surface area (TPSA) is 99.8 Å². The van der Waals surface area contributed by atoms with E-state index < -0.39 is 46.8 Å². The molecule has 1 aromatic heterocycles. The van der Waals surface area contributed by atoms with Crippen LogP contribution >= 0.6 is 11.6 Å². The predicted molar refractivity (Wildman–Crippen MR) is 133 cm³/mol. The molecule has 7 nitrogen and oxygen atoms in total. The lowest BCUT2D eigenvalue weighted by molar-refractivity contribution is -0.137. The maximum Gasteiger partial charge on any atom is 0.416 e. The molecule has 4 aromatic rings. The summed E-state index contributed by atoms with van der Waals surface area (Å²) in [6.45, 7) is 0. The Labute approximate surface area is 227 Å². The van der Waals surface area contributed by atoms with Gasteiger partial charge in [-0.3, -0.25) is 14.3 Å². The molecule has 0 fully saturated rings. The van der Waals surface area contributed by atoms with Gasteiger partial charge in [-0.2, -0.15) is 23.5 Å². The van der Waals surface area contributed by atoms with Crippen molar-refractivity contribution < 1.29 is 31.5 Å². The summed E-state index contributed by atoms with van der Waals surface area (Å²) in [6.07, 6.45) is -3.41. The Hall–Kier alpha value is -4.76. The Morgan fingerprint density at radius 1 is 1.10 bits per heavy atom. The molecule has 40 heavy (non-hydrogen) atoms. The molecule has 1 aliphatic heterocycles. The molecule has 0 spiro atoms. The number of anilines is 1. The lowest BCUT2D eigenvalue weighted by Gasteiger charge is -2.19. The average molecular weight is 572 g/mol. The SMILES string of the molecule is Cn1cc(-c2cc(NC(=O)c3cc(F)cc(C(F)(F)F)c3)c3c(c2)C(=O)N[C@@H]3c2cc(F)ccc2Cl)c(C#N)n1. The van der Waals surface area contributed by atoms with Crippen molar-refractivity contribution in [2.75, 3.05) is 5.32 Å². The van der Waals surface area contributed by atoms with Crippen molar-refractivity contribution in [2.24, 2.45) is 7.05 Å². The Morgan fingerprint density at radius 2 is 1.85 bits per heavy atom. The highest BCUT2D eigenvalue weighted by Crippen LogP contribution is 2.42. The van der Waals surface area contributed by atoms with Crippen molar-refractivity contribution in [3.8, 4) is 17.2 Å². The van der Waals surface area contributed by atoms with E-state index in [2.05, 4.69) is 15.7 Å². The molecule has 3 aromatic carbocycles. The number of amides is 2. The van der Waals surface area contributed by atoms with Gasteiger partial charge in [0.2, 0.25) is 0 Å². The molecule has 1 atom stereocenters. The van der Waals surface area contributed by atoms with Gasteiger partial charge >= 0.3 is 6.18 Å². The first-order valence-corrected chi connectivity index (χ1v) is 11.8. The number of nitriles is 1. The van der Waals surface area contributed by atoms with E-state index in [0.29, 0.717) is 17.7 Å². The predicted octanol–water partition coefficient (Wildman–Crippen LogP) is 5.99. The third-order valence-electron chi connectivity index (χ3n) is 6.24. The molecule has 0 radical (unpaired) electrons. The first kappa shape index (κ1) is 26.8. The van der Waals surface area contributed by atoms with Gasteiger partial charge in [0.15, 0.2) is 5.69 Å². The Kier molecular flexibility index (Phi) is 6.55. The summed E-state index contributed by atoms with van der Waals surface area (Å²) in [6, 6.07) is 8.57. The van der Waals surface area contributed by atoms with Crippen molar-refractivity contribution >= 4 is 29.1 Å². The van der Waals surface area contributed by atoms with Crippen LogP contribution < -0.4 is 10.6 Å². The van der Waals surface area contributed by atoms with Crippen LogP contribution in [0.4, 0.5) is 27.6 Å². The first-order chi connectivity index (χ1) is 18.8. The molecule has 0 saturated heterocycles. The van der Waals surface area contributed by atoms with Crippen LogP contribution in [0.3, 0.4) is 0 Å². The van der Waals surface area contributed by atoms with Gasteiger partial charge < -0.3 is 10.6 Å². The summed E-state index contributed by atoms with van der Waals surface area (Å²) in [4.78, 5) is 26.2. The second kappa shape index (κ2) is 9.77. The average Bonchev–Trinajstić information content (AvgIpc) is 3.44. The number of alkyl halides is 3. The Bertz CT molecular complexity index is 1760. The number of rotatable bonds is 4. The maximum atomic E-state index is 14.1. The maximum absolute atomic E-state index is 14.1. The highest BCUT2D eigenvalue weighted by molar-refractivity contribution is 6.31. The molecular weight excluding hydrogens is 557 g/mol. The number of carbonyl (C=O) groups excluding carboxylic acids is 2. The van der Waals surface area contributed by atoms with E-state index in [-0.39, 0.29) is 44.7 Å². The van der Waals surface area contributed by atoms with Gasteiger partial charge in [0.05, 0.1) is 11.6 Å². The molecular formula is C27H15ClF5N5O2. The molecule has 202 valence electrons. The van der Waals surface area contributed by atoms with Crippen LogP contribution in [-0.2, 0) is 13.2 Å². The summed E-state index contributed by atoms with van der Waals surface area (Å²) < 4.78 is 69.3. The molecule has 0 unspecified atom stereocenters. The van der Waals surface area contributed by atoms with Crippen molar-refractivity contribution in [3.63, 3.8) is 0 Å². The number of fused-ring (bicyclic) bond motifs is 1. The second-order valence-corrected chi connectivity index (χ2v) is 9.32. The fourth-order valence-corrected chi connectivity index (χ4v) is 4.75. The number of hydrogen-bond acceptors (Lipinski definition) is 4. The minimum absolute atomic E-state index is 0.00260. The number of aromatic nitrogens is 2. The minimum atomic E-state index is -4.91. The van der Waals surface area contributed by atoms with Gasteiger partial charge in [-0.25, -0.2) is 8.78 Å². The highest BCUT2D eigenvalue weighted by Gasteiger charge is 2.36. The van der Waals surface area contributed by atoms with E-state index in [0.717, 1.165) is 12.1 Å². The van der Waals surface area contributed by atoms with E-state index in [1.807, 2.05) is 6.07 Å². The van der Waals surface area contributed by atoms with Crippen LogP contribution in [0.5, 0.6) is 0 Å². The third-order valence-corrected chi connectivity index (χ3v) is 6.58. The number of halogens is 6. The number of benzene rings is 3. The van der Waals surface area contributed by atoms with Crippen molar-refractivity contribution in [3.05, 3.63) is 105 Å². The summed E-state index contributed by atoms with van der Waals surface area (Å²) in [7, 11) is 1.57. The molecule has 5 rings (SSSR count). The third kappa shape index (κ3) is 4.87. The summed E-state index contributed by atoms with van der Waals surface area (Å²) >= 11 is 6.29. The molecule has 0 bridgehead atoms. The Balaban J connectivity index is 1.69. The molecule has 2 N–H and O–H groups in total. The van der Waals surface area contributed by atoms with Gasteiger partial charge in [0.25, 0.3) is 11.8 Å². The smallest absolute Gasteiger partial charge is 0.341 e. The molecule has 2 amide bonds. The summed E-state index contributed by atoms with van der Waals surface area (Å²) in [5, 5.41) is 18.8. The molecule has 0 aliphatic carbocycles. The number of hydrogen-bond donors (Lipinski definition) is 2. The van der Waals surface area contributed by atoms with E-state index in [1.165, 1.54) is 29.1 Å². The van der Waals surface area contributed by atoms with E-state index in [9.17, 15) is 36.8 Å². The zero-order chi connectivity index (χ0) is 28.9. The zero-order valence-corrected chi connectivity index (χ0v) is 21.0. The van der Waals surface area contributed by atoms with Crippen LogP contribution in [-0.4, -0.2) is 21.6 Å². The number of nitrogens with zero attached hydrogens (tertiary/aromatic N) is 3. The van der Waals surface area contributed by atoms with Crippen LogP contribution in [0.25, 0.3) is 11.1 Å². The fraction of sp³-hybridized carbons (Fsp3) is 0.111. The van der Waals surface area contributed by atoms with E-state index in [4.69, 9.17) is 11.6 Å². The van der Waals surface area contributed by atoms with Gasteiger partial charge in [-0.15, -0.1) is 0 Å². The van der Waals surface area contributed by atoms with Crippen molar-refractivity contribution in [1.29, 1.82) is 5.26 Å². The van der Waals surface area contributed by atoms with Gasteiger partial charge in [-0.1, -0.05) is 11.6 Å². The van der Waals surface area contributed by atoms with Crippen LogP contribution in [0, 0.1) is 23.0 Å². The van der Waals surface area contributed by atoms with Gasteiger partial charge in [-0.05, 0) is 54.1 Å². The van der Waals surface area contributed by atoms with Gasteiger partial charge in [0.1, 0.15) is 17.7 Å². The summed E-state index contributed by atoms with van der Waals surface area (Å²) in [5.41, 5.74) is -1.17. The second-order valence-electron chi connectivity index (χ2n) is 8.91. The standard InChI is InChI=1S/C27H15ClF5N5O2/c1-38-11-19(22(10-34)37-38)12-6-18-23(24(36-26(18)40)17-9-15(29)2-3-20(17)28)21(7-12)35-25(39)13-4-14(27(31,32)33)8-16(30)5-13/h2-9,11,24H,1H3,(H,35,39)(H,36,40)/t24-/m1/s1. The largest absolute Gasteiger partial charge is 0.416 e. The van der Waals surface area contributed by atoms with E-state index >= 15 is 0 Å². The fourth-order valence-electron chi connectivity index (χ4n) is 4.52. The van der Waals surface area contributed by atoms with E-state index in [1.54, 1.807) is 7.05 Å². The lowest BCUT2D eigenvalue weighted by Crippen LogP contribution is -2.21. The van der Waals surface area contributed by atoms with Crippen molar-refractivity contribution in [1.82, 2.24) is 15.1 Å². The number of nitrogens with one attached hydrogen (secondary N) is 2. The summed E-state index contributed by atoms with van der Waals surface area (Å²) in [5.74, 6) is -3.67. The number of aryl methyl sites for hydroxylation is 1. The molecule has 0 saturated carbocycles. The normalized spacial score (nSPS) is 14.4. The minimum Gasteiger partial charge on any atom is -0.341 e. The lowest BCUT2D eigenvalue weighted by atomic mass is 9.92. The monoisotopic (exact) mass is 571 g/mol. The molecule has 2 heterocycles. The number of carbonyl (C=O) groups is 2. The quantitative estimate of drug-likeness (QED) is 0.294. The van der Waals surface area contributed by atoms with Crippen molar-refractivity contribution in [2.45, 2.75) is 12.2 Å². The Morgan fingerprint density at radius 3 is 2.55 bits per heavy atom. The van der Waals surface area contributed by atoms with Crippen LogP contribution in [0.15, 0.2) is 54.7 Å².